The van der Waals surface area contributed by atoms with Gasteiger partial charge in [-0.2, -0.15) is 0 Å². The van der Waals surface area contributed by atoms with Crippen molar-refractivity contribution in [3.63, 3.8) is 0 Å². The van der Waals surface area contributed by atoms with E-state index < -0.39 is 11.8 Å². The van der Waals surface area contributed by atoms with E-state index in [2.05, 4.69) is 20.9 Å². The predicted molar refractivity (Wildman–Crippen MR) is 70.1 cm³/mol. The number of esters is 1. The maximum Gasteiger partial charge on any atom is 0.339 e. The molecule has 1 aromatic carbocycles. The summed E-state index contributed by atoms with van der Waals surface area (Å²) in [5, 5.41) is 0.565. The number of aromatic nitrogens is 1. The molecule has 94 valence electrons. The fourth-order valence-electron chi connectivity index (χ4n) is 1.72. The minimum absolute atomic E-state index is 0.253. The lowest BCUT2D eigenvalue weighted by atomic mass is 10.1. The average molecular weight is 312 g/mol. The first kappa shape index (κ1) is 13.0. The number of carbonyl (C=O) groups is 1. The highest BCUT2D eigenvalue weighted by Crippen LogP contribution is 2.24. The van der Waals surface area contributed by atoms with Crippen LogP contribution in [0.1, 0.15) is 23.0 Å². The molecule has 0 unspecified atom stereocenters. The number of hydrogen-bond donors (Lipinski definition) is 0. The maximum absolute atomic E-state index is 13.7. The van der Waals surface area contributed by atoms with Crippen molar-refractivity contribution in [3.8, 4) is 0 Å². The van der Waals surface area contributed by atoms with Crippen molar-refractivity contribution in [2.45, 2.75) is 13.8 Å². The highest BCUT2D eigenvalue weighted by molar-refractivity contribution is 9.10. The zero-order valence-electron chi connectivity index (χ0n) is 9.96. The number of ether oxygens (including phenoxy) is 1. The Kier molecular flexibility index (Phi) is 3.61. The van der Waals surface area contributed by atoms with Crippen LogP contribution in [0.3, 0.4) is 0 Å². The van der Waals surface area contributed by atoms with Crippen LogP contribution in [-0.4, -0.2) is 17.6 Å². The molecule has 0 spiro atoms. The summed E-state index contributed by atoms with van der Waals surface area (Å²) in [6.45, 7) is 3.69. The molecule has 0 radical (unpaired) electrons. The number of fused-ring (bicyclic) bond motifs is 1. The molecule has 0 aliphatic rings. The molecule has 3 nitrogen and oxygen atoms in total. The van der Waals surface area contributed by atoms with Crippen LogP contribution < -0.4 is 0 Å². The second-order valence-electron chi connectivity index (χ2n) is 3.80. The topological polar surface area (TPSA) is 39.2 Å². The first-order chi connectivity index (χ1) is 8.52. The predicted octanol–water partition coefficient (Wildman–Crippen LogP) is 3.62. The molecular weight excluding hydrogens is 301 g/mol. The van der Waals surface area contributed by atoms with Crippen LogP contribution in [0.25, 0.3) is 10.9 Å². The summed E-state index contributed by atoms with van der Waals surface area (Å²) in [4.78, 5) is 15.8. The van der Waals surface area contributed by atoms with Gasteiger partial charge in [-0.15, -0.1) is 0 Å². The summed E-state index contributed by atoms with van der Waals surface area (Å²) in [7, 11) is 0. The molecule has 0 saturated heterocycles. The van der Waals surface area contributed by atoms with E-state index in [1.807, 2.05) is 0 Å². The Morgan fingerprint density at radius 3 is 2.83 bits per heavy atom. The molecule has 0 atom stereocenters. The summed E-state index contributed by atoms with van der Waals surface area (Å²) < 4.78 is 19.2. The molecule has 1 aromatic heterocycles. The number of hydrogen-bond acceptors (Lipinski definition) is 3. The number of benzene rings is 1. The third-order valence-corrected chi connectivity index (χ3v) is 2.98. The average Bonchev–Trinajstić information content (AvgIpc) is 2.29. The van der Waals surface area contributed by atoms with E-state index in [1.54, 1.807) is 26.0 Å². The second kappa shape index (κ2) is 5.02. The summed E-state index contributed by atoms with van der Waals surface area (Å²) in [6.07, 6.45) is 0. The Morgan fingerprint density at radius 1 is 1.44 bits per heavy atom. The number of halogens is 2. The number of rotatable bonds is 2. The SMILES string of the molecule is CCOC(=O)c1cc2cc(Br)cc(F)c2nc1C. The highest BCUT2D eigenvalue weighted by Gasteiger charge is 2.14. The zero-order valence-corrected chi connectivity index (χ0v) is 11.5. The van der Waals surface area contributed by atoms with Gasteiger partial charge in [-0.05, 0) is 32.0 Å². The molecule has 0 amide bonds. The number of carbonyl (C=O) groups excluding carboxylic acids is 1. The number of aryl methyl sites for hydroxylation is 1. The van der Waals surface area contributed by atoms with Gasteiger partial charge >= 0.3 is 5.97 Å². The Bertz CT molecular complexity index is 628. The molecule has 0 aliphatic heterocycles. The van der Waals surface area contributed by atoms with E-state index in [0.29, 0.717) is 27.7 Å². The molecule has 0 saturated carbocycles. The Hall–Kier alpha value is -1.49. The van der Waals surface area contributed by atoms with Crippen molar-refractivity contribution < 1.29 is 13.9 Å². The molecular formula is C13H11BrFNO2. The fourth-order valence-corrected chi connectivity index (χ4v) is 2.16. The summed E-state index contributed by atoms with van der Waals surface area (Å²) in [5.41, 5.74) is 1.08. The Labute approximate surface area is 112 Å². The van der Waals surface area contributed by atoms with Crippen molar-refractivity contribution in [3.05, 3.63) is 39.7 Å². The first-order valence-corrected chi connectivity index (χ1v) is 6.25. The van der Waals surface area contributed by atoms with E-state index in [-0.39, 0.29) is 5.52 Å². The largest absolute Gasteiger partial charge is 0.462 e. The minimum atomic E-state index is -0.440. The van der Waals surface area contributed by atoms with E-state index in [4.69, 9.17) is 4.74 Å². The van der Waals surface area contributed by atoms with E-state index in [1.165, 1.54) is 6.07 Å². The Balaban J connectivity index is 2.64. The normalized spacial score (nSPS) is 10.7. The molecule has 2 rings (SSSR count). The molecule has 0 bridgehead atoms. The maximum atomic E-state index is 13.7. The van der Waals surface area contributed by atoms with Gasteiger partial charge in [0.05, 0.1) is 17.9 Å². The van der Waals surface area contributed by atoms with Crippen LogP contribution in [0.15, 0.2) is 22.7 Å². The van der Waals surface area contributed by atoms with Crippen molar-refractivity contribution in [1.82, 2.24) is 4.98 Å². The van der Waals surface area contributed by atoms with E-state index >= 15 is 0 Å². The first-order valence-electron chi connectivity index (χ1n) is 5.46. The summed E-state index contributed by atoms with van der Waals surface area (Å²) >= 11 is 3.21. The zero-order chi connectivity index (χ0) is 13.3. The van der Waals surface area contributed by atoms with Gasteiger partial charge in [-0.1, -0.05) is 15.9 Å². The lowest BCUT2D eigenvalue weighted by Gasteiger charge is -2.07. The third-order valence-electron chi connectivity index (χ3n) is 2.52. The van der Waals surface area contributed by atoms with Crippen LogP contribution in [0.4, 0.5) is 4.39 Å². The summed E-state index contributed by atoms with van der Waals surface area (Å²) in [5.74, 6) is -0.859. The van der Waals surface area contributed by atoms with Crippen molar-refractivity contribution in [1.29, 1.82) is 0 Å². The quantitative estimate of drug-likeness (QED) is 0.795. The monoisotopic (exact) mass is 311 g/mol. The van der Waals surface area contributed by atoms with Gasteiger partial charge in [0.25, 0.3) is 0 Å². The fraction of sp³-hybridized carbons (Fsp3) is 0.231. The van der Waals surface area contributed by atoms with Crippen LogP contribution >= 0.6 is 15.9 Å². The lowest BCUT2D eigenvalue weighted by Crippen LogP contribution is -2.08. The lowest BCUT2D eigenvalue weighted by molar-refractivity contribution is 0.0525. The molecule has 1 heterocycles. The number of pyridine rings is 1. The summed E-state index contributed by atoms with van der Waals surface area (Å²) in [6, 6.07) is 4.66. The molecule has 0 aliphatic carbocycles. The van der Waals surface area contributed by atoms with Crippen LogP contribution in [0, 0.1) is 12.7 Å². The van der Waals surface area contributed by atoms with Gasteiger partial charge in [0.1, 0.15) is 5.52 Å². The van der Waals surface area contributed by atoms with E-state index in [9.17, 15) is 9.18 Å². The van der Waals surface area contributed by atoms with Crippen molar-refractivity contribution in [2.24, 2.45) is 0 Å². The van der Waals surface area contributed by atoms with Gasteiger partial charge in [0, 0.05) is 9.86 Å². The molecule has 5 heteroatoms. The standard InChI is InChI=1S/C13H11BrFNO2/c1-3-18-13(17)10-5-8-4-9(14)6-11(15)12(8)16-7(10)2/h4-6H,3H2,1-2H3. The van der Waals surface area contributed by atoms with Crippen molar-refractivity contribution in [2.75, 3.05) is 6.61 Å². The van der Waals surface area contributed by atoms with Gasteiger partial charge in [0.15, 0.2) is 5.82 Å². The smallest absolute Gasteiger partial charge is 0.339 e. The van der Waals surface area contributed by atoms with Gasteiger partial charge in [0.2, 0.25) is 0 Å². The van der Waals surface area contributed by atoms with Crippen LogP contribution in [0.2, 0.25) is 0 Å². The number of nitrogens with zero attached hydrogens (tertiary/aromatic N) is 1. The molecule has 0 N–H and O–H groups in total. The third kappa shape index (κ3) is 2.36. The van der Waals surface area contributed by atoms with Gasteiger partial charge in [-0.3, -0.25) is 0 Å². The minimum Gasteiger partial charge on any atom is -0.462 e. The molecule has 2 aromatic rings. The highest BCUT2D eigenvalue weighted by atomic mass is 79.9. The Morgan fingerprint density at radius 2 is 2.17 bits per heavy atom. The van der Waals surface area contributed by atoms with Gasteiger partial charge < -0.3 is 4.74 Å². The molecule has 0 fully saturated rings. The van der Waals surface area contributed by atoms with E-state index in [0.717, 1.165) is 0 Å². The van der Waals surface area contributed by atoms with Crippen molar-refractivity contribution >= 4 is 32.8 Å². The molecule has 18 heavy (non-hydrogen) atoms. The van der Waals surface area contributed by atoms with Crippen LogP contribution in [-0.2, 0) is 4.74 Å². The van der Waals surface area contributed by atoms with Gasteiger partial charge in [-0.25, -0.2) is 14.2 Å². The van der Waals surface area contributed by atoms with Crippen LogP contribution in [0.5, 0.6) is 0 Å². The second-order valence-corrected chi connectivity index (χ2v) is 4.72.